The number of benzene rings is 3. The average Bonchev–Trinajstić information content (AvgIpc) is 3.29. The van der Waals surface area contributed by atoms with Gasteiger partial charge in [0, 0.05) is 20.2 Å². The van der Waals surface area contributed by atoms with E-state index in [-0.39, 0.29) is 0 Å². The summed E-state index contributed by atoms with van der Waals surface area (Å²) in [5.74, 6) is 0. The minimum absolute atomic E-state index is 1.21. The van der Waals surface area contributed by atoms with Gasteiger partial charge in [0.25, 0.3) is 0 Å². The number of aryl methyl sites for hydroxylation is 1. The summed E-state index contributed by atoms with van der Waals surface area (Å²) in [6.07, 6.45) is 7.94. The van der Waals surface area contributed by atoms with Crippen LogP contribution in [0, 0.1) is 0 Å². The van der Waals surface area contributed by atoms with Gasteiger partial charge in [-0.05, 0) is 41.7 Å². The zero-order chi connectivity index (χ0) is 19.6. The molecule has 0 saturated heterocycles. The summed E-state index contributed by atoms with van der Waals surface area (Å²) < 4.78 is 5.67. The van der Waals surface area contributed by atoms with Crippen LogP contribution in [0.3, 0.4) is 0 Å². The van der Waals surface area contributed by atoms with Gasteiger partial charge in [-0.2, -0.15) is 0 Å². The van der Waals surface area contributed by atoms with Gasteiger partial charge in [-0.15, -0.1) is 22.7 Å². The Kier molecular flexibility index (Phi) is 5.39. The van der Waals surface area contributed by atoms with E-state index >= 15 is 0 Å². The number of unbranched alkanes of at least 4 members (excludes halogenated alkanes) is 4. The Morgan fingerprint density at radius 3 is 2.14 bits per heavy atom. The first-order valence-corrected chi connectivity index (χ1v) is 12.4. The Morgan fingerprint density at radius 2 is 1.31 bits per heavy atom. The molecule has 5 aromatic rings. The summed E-state index contributed by atoms with van der Waals surface area (Å²) >= 11 is 3.86. The molecular weight excluding hydrogens is 388 g/mol. The molecule has 0 atom stereocenters. The predicted molar refractivity (Wildman–Crippen MR) is 133 cm³/mol. The van der Waals surface area contributed by atoms with Crippen LogP contribution in [0.15, 0.2) is 66.7 Å². The molecule has 5 rings (SSSR count). The van der Waals surface area contributed by atoms with Crippen molar-refractivity contribution in [3.63, 3.8) is 0 Å². The highest BCUT2D eigenvalue weighted by atomic mass is 32.1. The lowest BCUT2D eigenvalue weighted by atomic mass is 10.0. The van der Waals surface area contributed by atoms with E-state index in [1.165, 1.54) is 84.8 Å². The van der Waals surface area contributed by atoms with Gasteiger partial charge in [-0.1, -0.05) is 87.2 Å². The molecule has 0 radical (unpaired) electrons. The number of fused-ring (bicyclic) bond motifs is 5. The van der Waals surface area contributed by atoms with Crippen LogP contribution in [-0.4, -0.2) is 0 Å². The van der Waals surface area contributed by atoms with Crippen LogP contribution in [0.25, 0.3) is 40.7 Å². The first kappa shape index (κ1) is 18.8. The molecule has 0 aliphatic carbocycles. The highest BCUT2D eigenvalue weighted by Gasteiger charge is 2.12. The van der Waals surface area contributed by atoms with Gasteiger partial charge in [0.15, 0.2) is 0 Å². The molecule has 0 nitrogen and oxygen atoms in total. The van der Waals surface area contributed by atoms with Crippen molar-refractivity contribution < 1.29 is 0 Å². The summed E-state index contributed by atoms with van der Waals surface area (Å²) in [4.78, 5) is 0. The van der Waals surface area contributed by atoms with E-state index in [4.69, 9.17) is 0 Å². The smallest absolute Gasteiger partial charge is 0.0542 e. The molecule has 0 aliphatic heterocycles. The average molecular weight is 415 g/mol. The molecule has 0 amide bonds. The standard InChI is InChI=1S/C27H26S2/c1-2-3-4-5-6-9-19-12-14-20(15-13-19)21-16-17-23-25(18-21)29-26-22-10-7-8-11-24(22)28-27(23)26/h7-8,10-18H,2-6,9H2,1H3. The number of hydrogen-bond acceptors (Lipinski definition) is 2. The number of rotatable bonds is 7. The molecular formula is C27H26S2. The van der Waals surface area contributed by atoms with E-state index < -0.39 is 0 Å². The third-order valence-corrected chi connectivity index (χ3v) is 8.36. The van der Waals surface area contributed by atoms with Crippen LogP contribution in [0.4, 0.5) is 0 Å². The Balaban J connectivity index is 1.39. The highest BCUT2D eigenvalue weighted by molar-refractivity contribution is 7.36. The summed E-state index contributed by atoms with van der Waals surface area (Å²) in [5.41, 5.74) is 4.11. The SMILES string of the molecule is CCCCCCCc1ccc(-c2ccc3c(c2)sc2c4ccccc4sc32)cc1. The van der Waals surface area contributed by atoms with Gasteiger partial charge < -0.3 is 0 Å². The molecule has 2 heteroatoms. The van der Waals surface area contributed by atoms with Crippen molar-refractivity contribution in [2.45, 2.75) is 45.4 Å². The van der Waals surface area contributed by atoms with Crippen LogP contribution >= 0.6 is 22.7 Å². The molecule has 0 bridgehead atoms. The Hall–Kier alpha value is -2.16. The minimum Gasteiger partial charge on any atom is -0.134 e. The van der Waals surface area contributed by atoms with Crippen molar-refractivity contribution in [2.24, 2.45) is 0 Å². The molecule has 2 aromatic heterocycles. The quantitative estimate of drug-likeness (QED) is 0.233. The fourth-order valence-corrected chi connectivity index (χ4v) is 6.87. The monoisotopic (exact) mass is 414 g/mol. The van der Waals surface area contributed by atoms with E-state index in [2.05, 4.69) is 73.7 Å². The van der Waals surface area contributed by atoms with Gasteiger partial charge in [0.05, 0.1) is 9.40 Å². The zero-order valence-corrected chi connectivity index (χ0v) is 18.5. The Labute approximate surface area is 180 Å². The summed E-state index contributed by atoms with van der Waals surface area (Å²) in [7, 11) is 0. The minimum atomic E-state index is 1.21. The first-order chi connectivity index (χ1) is 14.3. The molecule has 0 spiro atoms. The van der Waals surface area contributed by atoms with E-state index in [1.807, 2.05) is 22.7 Å². The van der Waals surface area contributed by atoms with Crippen molar-refractivity contribution in [2.75, 3.05) is 0 Å². The molecule has 0 unspecified atom stereocenters. The largest absolute Gasteiger partial charge is 0.134 e. The maximum atomic E-state index is 2.38. The normalized spacial score (nSPS) is 11.8. The second-order valence-electron chi connectivity index (χ2n) is 7.93. The topological polar surface area (TPSA) is 0 Å². The molecule has 0 fully saturated rings. The van der Waals surface area contributed by atoms with E-state index in [0.717, 1.165) is 0 Å². The fourth-order valence-electron chi connectivity index (χ4n) is 4.18. The molecule has 3 aromatic carbocycles. The third kappa shape index (κ3) is 3.72. The summed E-state index contributed by atoms with van der Waals surface area (Å²) in [6, 6.07) is 25.0. The van der Waals surface area contributed by atoms with Gasteiger partial charge in [-0.25, -0.2) is 0 Å². The van der Waals surface area contributed by atoms with E-state index in [1.54, 1.807) is 0 Å². The third-order valence-electron chi connectivity index (χ3n) is 5.84. The van der Waals surface area contributed by atoms with Gasteiger partial charge in [0.2, 0.25) is 0 Å². The van der Waals surface area contributed by atoms with E-state index in [9.17, 15) is 0 Å². The lowest BCUT2D eigenvalue weighted by molar-refractivity contribution is 0.632. The lowest BCUT2D eigenvalue weighted by Crippen LogP contribution is -1.86. The van der Waals surface area contributed by atoms with Crippen molar-refractivity contribution in [3.05, 3.63) is 72.3 Å². The van der Waals surface area contributed by atoms with Crippen LogP contribution in [-0.2, 0) is 6.42 Å². The molecule has 146 valence electrons. The lowest BCUT2D eigenvalue weighted by Gasteiger charge is -2.05. The van der Waals surface area contributed by atoms with Gasteiger partial charge in [-0.3, -0.25) is 0 Å². The zero-order valence-electron chi connectivity index (χ0n) is 16.9. The summed E-state index contributed by atoms with van der Waals surface area (Å²) in [5, 5.41) is 2.80. The van der Waals surface area contributed by atoms with Crippen LogP contribution < -0.4 is 0 Å². The predicted octanol–water partition coefficient (Wildman–Crippen LogP) is 9.45. The maximum absolute atomic E-state index is 2.38. The second kappa shape index (κ2) is 8.30. The fraction of sp³-hybridized carbons (Fsp3) is 0.259. The second-order valence-corrected chi connectivity index (χ2v) is 10.0. The molecule has 29 heavy (non-hydrogen) atoms. The van der Waals surface area contributed by atoms with Crippen molar-refractivity contribution in [1.82, 2.24) is 0 Å². The van der Waals surface area contributed by atoms with Crippen molar-refractivity contribution in [1.29, 1.82) is 0 Å². The number of hydrogen-bond donors (Lipinski definition) is 0. The van der Waals surface area contributed by atoms with E-state index in [0.29, 0.717) is 0 Å². The number of thiophene rings is 2. The van der Waals surface area contributed by atoms with Gasteiger partial charge in [0.1, 0.15) is 0 Å². The van der Waals surface area contributed by atoms with Gasteiger partial charge >= 0.3 is 0 Å². The molecule has 0 aliphatic rings. The Morgan fingerprint density at radius 1 is 0.621 bits per heavy atom. The van der Waals surface area contributed by atoms with Crippen LogP contribution in [0.2, 0.25) is 0 Å². The highest BCUT2D eigenvalue weighted by Crippen LogP contribution is 2.44. The molecule has 2 heterocycles. The van der Waals surface area contributed by atoms with Crippen LogP contribution in [0.1, 0.15) is 44.6 Å². The van der Waals surface area contributed by atoms with Crippen molar-refractivity contribution in [3.8, 4) is 11.1 Å². The Bertz CT molecular complexity index is 1250. The molecule has 0 N–H and O–H groups in total. The first-order valence-electron chi connectivity index (χ1n) is 10.8. The van der Waals surface area contributed by atoms with Crippen molar-refractivity contribution >= 4 is 52.2 Å². The molecule has 0 saturated carbocycles. The maximum Gasteiger partial charge on any atom is 0.0542 e. The summed E-state index contributed by atoms with van der Waals surface area (Å²) in [6.45, 7) is 2.28. The van der Waals surface area contributed by atoms with Crippen LogP contribution in [0.5, 0.6) is 0 Å².